The highest BCUT2D eigenvalue weighted by Crippen LogP contribution is 2.42. The zero-order chi connectivity index (χ0) is 32.7. The first kappa shape index (κ1) is 29.1. The molecule has 0 amide bonds. The standard InChI is InChI=1S/C47H35NO/c1-32-17-30-46-44(31-32)43-15-8-14-42(47(43)49-46)38-24-28-40(29-25-38)48(45-16-7-12-37-11-5-6-13-41(37)45)39-26-22-36(23-27-39)35-20-18-34(19-21-35)33-9-3-2-4-10-33/h2-30,32H,31H2,1H3. The van der Waals surface area contributed by atoms with Gasteiger partial charge in [0.1, 0.15) is 11.3 Å². The van der Waals surface area contributed by atoms with Gasteiger partial charge in [-0.05, 0) is 82.0 Å². The molecule has 2 nitrogen and oxygen atoms in total. The number of nitrogens with zero attached hydrogens (tertiary/aromatic N) is 1. The van der Waals surface area contributed by atoms with Crippen LogP contribution in [0, 0.1) is 5.92 Å². The van der Waals surface area contributed by atoms with E-state index in [4.69, 9.17) is 4.42 Å². The van der Waals surface area contributed by atoms with Gasteiger partial charge in [0.25, 0.3) is 0 Å². The molecule has 0 bridgehead atoms. The minimum absolute atomic E-state index is 0.519. The van der Waals surface area contributed by atoms with Crippen LogP contribution < -0.4 is 4.90 Å². The molecule has 0 aliphatic heterocycles. The molecule has 0 saturated heterocycles. The summed E-state index contributed by atoms with van der Waals surface area (Å²) in [6.45, 7) is 2.26. The maximum Gasteiger partial charge on any atom is 0.142 e. The van der Waals surface area contributed by atoms with Gasteiger partial charge >= 0.3 is 0 Å². The van der Waals surface area contributed by atoms with E-state index < -0.39 is 0 Å². The molecule has 49 heavy (non-hydrogen) atoms. The molecule has 1 aliphatic carbocycles. The van der Waals surface area contributed by atoms with Gasteiger partial charge in [-0.25, -0.2) is 0 Å². The van der Waals surface area contributed by atoms with Gasteiger partial charge in [0.05, 0.1) is 5.69 Å². The van der Waals surface area contributed by atoms with Crippen molar-refractivity contribution < 1.29 is 4.42 Å². The van der Waals surface area contributed by atoms with E-state index in [1.165, 1.54) is 44.0 Å². The Hall–Kier alpha value is -6.12. The fraction of sp³-hybridized carbons (Fsp3) is 0.0638. The molecule has 0 fully saturated rings. The predicted molar refractivity (Wildman–Crippen MR) is 207 cm³/mol. The summed E-state index contributed by atoms with van der Waals surface area (Å²) in [5.41, 5.74) is 12.8. The largest absolute Gasteiger partial charge is 0.456 e. The number of fused-ring (bicyclic) bond motifs is 4. The van der Waals surface area contributed by atoms with Gasteiger partial charge < -0.3 is 9.32 Å². The molecule has 2 heteroatoms. The van der Waals surface area contributed by atoms with Gasteiger partial charge in [-0.3, -0.25) is 0 Å². The smallest absolute Gasteiger partial charge is 0.142 e. The predicted octanol–water partition coefficient (Wildman–Crippen LogP) is 13.3. The van der Waals surface area contributed by atoms with Gasteiger partial charge in [-0.1, -0.05) is 146 Å². The molecule has 8 aromatic rings. The third kappa shape index (κ3) is 5.32. The molecular weight excluding hydrogens is 595 g/mol. The highest BCUT2D eigenvalue weighted by molar-refractivity contribution is 6.00. The van der Waals surface area contributed by atoms with Crippen LogP contribution in [0.4, 0.5) is 17.1 Å². The van der Waals surface area contributed by atoms with Crippen molar-refractivity contribution in [3.63, 3.8) is 0 Å². The Morgan fingerprint density at radius 3 is 1.78 bits per heavy atom. The molecule has 0 spiro atoms. The Labute approximate surface area is 287 Å². The second-order valence-electron chi connectivity index (χ2n) is 13.0. The van der Waals surface area contributed by atoms with Gasteiger partial charge in [-0.15, -0.1) is 0 Å². The van der Waals surface area contributed by atoms with E-state index >= 15 is 0 Å². The molecule has 0 radical (unpaired) electrons. The summed E-state index contributed by atoms with van der Waals surface area (Å²) in [5, 5.41) is 3.65. The third-order valence-electron chi connectivity index (χ3n) is 9.85. The van der Waals surface area contributed by atoms with E-state index in [-0.39, 0.29) is 0 Å². The van der Waals surface area contributed by atoms with Crippen molar-refractivity contribution in [3.05, 3.63) is 181 Å². The molecular formula is C47H35NO. The first-order valence-electron chi connectivity index (χ1n) is 17.1. The molecule has 1 aliphatic rings. The zero-order valence-corrected chi connectivity index (χ0v) is 27.4. The average Bonchev–Trinajstić information content (AvgIpc) is 3.54. The van der Waals surface area contributed by atoms with Gasteiger partial charge in [0.2, 0.25) is 0 Å². The summed E-state index contributed by atoms with van der Waals surface area (Å²) >= 11 is 0. The molecule has 1 aromatic heterocycles. The van der Waals surface area contributed by atoms with E-state index in [2.05, 4.69) is 188 Å². The summed E-state index contributed by atoms with van der Waals surface area (Å²) in [7, 11) is 0. The molecule has 234 valence electrons. The van der Waals surface area contributed by atoms with E-state index in [0.29, 0.717) is 5.92 Å². The van der Waals surface area contributed by atoms with Crippen molar-refractivity contribution >= 4 is 44.9 Å². The van der Waals surface area contributed by atoms with Crippen molar-refractivity contribution in [1.29, 1.82) is 0 Å². The minimum Gasteiger partial charge on any atom is -0.456 e. The summed E-state index contributed by atoms with van der Waals surface area (Å²) in [6, 6.07) is 58.9. The van der Waals surface area contributed by atoms with Crippen LogP contribution in [-0.4, -0.2) is 0 Å². The summed E-state index contributed by atoms with van der Waals surface area (Å²) in [5.74, 6) is 1.51. The van der Waals surface area contributed by atoms with Crippen LogP contribution in [0.1, 0.15) is 18.2 Å². The zero-order valence-electron chi connectivity index (χ0n) is 27.4. The van der Waals surface area contributed by atoms with Crippen molar-refractivity contribution in [3.8, 4) is 33.4 Å². The fourth-order valence-corrected chi connectivity index (χ4v) is 7.31. The van der Waals surface area contributed by atoms with Gasteiger partial charge in [-0.2, -0.15) is 0 Å². The third-order valence-corrected chi connectivity index (χ3v) is 9.85. The van der Waals surface area contributed by atoms with Crippen molar-refractivity contribution in [1.82, 2.24) is 0 Å². The van der Waals surface area contributed by atoms with Crippen LogP contribution in [0.3, 0.4) is 0 Å². The molecule has 1 unspecified atom stereocenters. The van der Waals surface area contributed by atoms with Crippen LogP contribution in [-0.2, 0) is 6.42 Å². The number of para-hydroxylation sites is 1. The van der Waals surface area contributed by atoms with E-state index in [0.717, 1.165) is 46.0 Å². The highest BCUT2D eigenvalue weighted by Gasteiger charge is 2.21. The number of rotatable bonds is 6. The van der Waals surface area contributed by atoms with Crippen molar-refractivity contribution in [2.45, 2.75) is 13.3 Å². The summed E-state index contributed by atoms with van der Waals surface area (Å²) in [6.07, 6.45) is 5.40. The molecule has 1 atom stereocenters. The molecule has 0 N–H and O–H groups in total. The van der Waals surface area contributed by atoms with Crippen molar-refractivity contribution in [2.24, 2.45) is 5.92 Å². The van der Waals surface area contributed by atoms with E-state index in [1.54, 1.807) is 0 Å². The monoisotopic (exact) mass is 629 g/mol. The number of hydrogen-bond acceptors (Lipinski definition) is 2. The topological polar surface area (TPSA) is 16.4 Å². The van der Waals surface area contributed by atoms with Crippen LogP contribution in [0.2, 0.25) is 0 Å². The molecule has 9 rings (SSSR count). The van der Waals surface area contributed by atoms with Crippen LogP contribution in [0.25, 0.3) is 61.2 Å². The Morgan fingerprint density at radius 2 is 1.06 bits per heavy atom. The van der Waals surface area contributed by atoms with Crippen LogP contribution in [0.15, 0.2) is 174 Å². The number of hydrogen-bond donors (Lipinski definition) is 0. The lowest BCUT2D eigenvalue weighted by Gasteiger charge is -2.27. The Kier molecular flexibility index (Phi) is 7.21. The number of furan rings is 1. The molecule has 0 saturated carbocycles. The fourth-order valence-electron chi connectivity index (χ4n) is 7.31. The Morgan fingerprint density at radius 1 is 0.510 bits per heavy atom. The number of allylic oxidation sites excluding steroid dienone is 1. The number of benzene rings is 7. The quantitative estimate of drug-likeness (QED) is 0.182. The Balaban J connectivity index is 1.10. The average molecular weight is 630 g/mol. The minimum atomic E-state index is 0.519. The summed E-state index contributed by atoms with van der Waals surface area (Å²) in [4.78, 5) is 2.37. The lowest BCUT2D eigenvalue weighted by atomic mass is 9.92. The van der Waals surface area contributed by atoms with Gasteiger partial charge in [0, 0.05) is 33.3 Å². The van der Waals surface area contributed by atoms with E-state index in [9.17, 15) is 0 Å². The maximum atomic E-state index is 6.47. The first-order chi connectivity index (χ1) is 24.2. The van der Waals surface area contributed by atoms with E-state index in [1.807, 2.05) is 0 Å². The first-order valence-corrected chi connectivity index (χ1v) is 17.1. The second kappa shape index (κ2) is 12.2. The Bertz CT molecular complexity index is 2450. The van der Waals surface area contributed by atoms with Gasteiger partial charge in [0.15, 0.2) is 0 Å². The normalized spacial score (nSPS) is 13.9. The lowest BCUT2D eigenvalue weighted by Crippen LogP contribution is -2.10. The molecule has 1 heterocycles. The lowest BCUT2D eigenvalue weighted by molar-refractivity contribution is 0.585. The van der Waals surface area contributed by atoms with Crippen LogP contribution >= 0.6 is 0 Å². The van der Waals surface area contributed by atoms with Crippen LogP contribution in [0.5, 0.6) is 0 Å². The maximum absolute atomic E-state index is 6.47. The SMILES string of the molecule is CC1C=Cc2oc3c(-c4ccc(N(c5ccc(-c6ccc(-c7ccccc7)cc6)cc5)c5cccc6ccccc56)cc4)cccc3c2C1. The summed E-state index contributed by atoms with van der Waals surface area (Å²) < 4.78 is 6.47. The highest BCUT2D eigenvalue weighted by atomic mass is 16.3. The molecule has 7 aromatic carbocycles. The van der Waals surface area contributed by atoms with Crippen molar-refractivity contribution in [2.75, 3.05) is 4.90 Å². The number of anilines is 3. The second-order valence-corrected chi connectivity index (χ2v) is 13.0.